The minimum absolute atomic E-state index is 0.125. The highest BCUT2D eigenvalue weighted by atomic mass is 16.5. The van der Waals surface area contributed by atoms with Crippen LogP contribution in [0.15, 0.2) is 24.3 Å². The summed E-state index contributed by atoms with van der Waals surface area (Å²) in [6.45, 7) is 1.52. The zero-order valence-corrected chi connectivity index (χ0v) is 11.2. The van der Waals surface area contributed by atoms with Crippen LogP contribution < -0.4 is 21.1 Å². The molecular formula is C14H19N3O3. The Hall–Kier alpha value is -2.08. The normalized spacial score (nSPS) is 18.3. The van der Waals surface area contributed by atoms with E-state index in [4.69, 9.17) is 10.5 Å². The van der Waals surface area contributed by atoms with E-state index in [-0.39, 0.29) is 18.6 Å². The summed E-state index contributed by atoms with van der Waals surface area (Å²) >= 11 is 0. The summed E-state index contributed by atoms with van der Waals surface area (Å²) < 4.78 is 5.26. The average molecular weight is 277 g/mol. The van der Waals surface area contributed by atoms with Gasteiger partial charge < -0.3 is 21.1 Å². The second-order valence-electron chi connectivity index (χ2n) is 4.77. The van der Waals surface area contributed by atoms with E-state index in [1.54, 1.807) is 24.3 Å². The highest BCUT2D eigenvalue weighted by Crippen LogP contribution is 2.18. The zero-order valence-electron chi connectivity index (χ0n) is 11.2. The maximum Gasteiger partial charge on any atom is 0.255 e. The van der Waals surface area contributed by atoms with Crippen LogP contribution in [0, 0.1) is 0 Å². The highest BCUT2D eigenvalue weighted by Gasteiger charge is 2.18. The molecule has 0 saturated carbocycles. The first-order valence-corrected chi connectivity index (χ1v) is 6.68. The summed E-state index contributed by atoms with van der Waals surface area (Å²) in [7, 11) is 0. The Balaban J connectivity index is 2.02. The lowest BCUT2D eigenvalue weighted by Crippen LogP contribution is -2.45. The maximum absolute atomic E-state index is 12.2. The van der Waals surface area contributed by atoms with Gasteiger partial charge in [0.2, 0.25) is 0 Å². The quantitative estimate of drug-likeness (QED) is 0.708. The van der Waals surface area contributed by atoms with Crippen molar-refractivity contribution in [1.29, 1.82) is 0 Å². The maximum atomic E-state index is 12.2. The molecule has 2 amide bonds. The second kappa shape index (κ2) is 6.91. The van der Waals surface area contributed by atoms with Crippen LogP contribution in [0.3, 0.4) is 0 Å². The molecule has 0 aromatic heterocycles. The fourth-order valence-corrected chi connectivity index (χ4v) is 2.17. The molecule has 20 heavy (non-hydrogen) atoms. The molecule has 0 bridgehead atoms. The van der Waals surface area contributed by atoms with Crippen LogP contribution in [-0.4, -0.2) is 37.6 Å². The number of benzene rings is 1. The third-order valence-corrected chi connectivity index (χ3v) is 3.13. The summed E-state index contributed by atoms with van der Waals surface area (Å²) in [6, 6.07) is 6.94. The molecule has 108 valence electrons. The van der Waals surface area contributed by atoms with E-state index in [2.05, 4.69) is 10.6 Å². The molecule has 4 N–H and O–H groups in total. The molecule has 6 nitrogen and oxygen atoms in total. The number of carbonyl (C=O) groups excluding carboxylic acids is 2. The molecular weight excluding hydrogens is 258 g/mol. The Morgan fingerprint density at radius 1 is 1.40 bits per heavy atom. The van der Waals surface area contributed by atoms with Gasteiger partial charge in [-0.25, -0.2) is 0 Å². The number of amides is 2. The summed E-state index contributed by atoms with van der Waals surface area (Å²) in [5.41, 5.74) is 5.46. The smallest absolute Gasteiger partial charge is 0.255 e. The lowest BCUT2D eigenvalue weighted by atomic mass is 10.1. The predicted octanol–water partition coefficient (Wildman–Crippen LogP) is 0.0325. The van der Waals surface area contributed by atoms with Gasteiger partial charge in [0, 0.05) is 12.6 Å². The third kappa shape index (κ3) is 3.96. The first kappa shape index (κ1) is 14.3. The molecule has 6 heteroatoms. The Bertz CT molecular complexity index is 484. The summed E-state index contributed by atoms with van der Waals surface area (Å²) in [6.07, 6.45) is 2.01. The lowest BCUT2D eigenvalue weighted by molar-refractivity contribution is -0.119. The minimum Gasteiger partial charge on any atom is -0.483 e. The Morgan fingerprint density at radius 3 is 2.90 bits per heavy atom. The van der Waals surface area contributed by atoms with E-state index < -0.39 is 5.91 Å². The van der Waals surface area contributed by atoms with E-state index in [0.29, 0.717) is 11.3 Å². The number of hydrogen-bond acceptors (Lipinski definition) is 4. The van der Waals surface area contributed by atoms with Crippen molar-refractivity contribution >= 4 is 11.8 Å². The monoisotopic (exact) mass is 277 g/mol. The van der Waals surface area contributed by atoms with Gasteiger partial charge in [-0.1, -0.05) is 12.1 Å². The number of carbonyl (C=O) groups is 2. The largest absolute Gasteiger partial charge is 0.483 e. The van der Waals surface area contributed by atoms with Crippen molar-refractivity contribution in [1.82, 2.24) is 10.6 Å². The fourth-order valence-electron chi connectivity index (χ4n) is 2.17. The SMILES string of the molecule is NC(=O)COc1ccccc1C(=O)NC1CCCNC1. The van der Waals surface area contributed by atoms with Crippen molar-refractivity contribution in [2.45, 2.75) is 18.9 Å². The standard InChI is InChI=1S/C14H19N3O3/c15-13(18)9-20-12-6-2-1-5-11(12)14(19)17-10-4-3-7-16-8-10/h1-2,5-6,10,16H,3-4,7-9H2,(H2,15,18)(H,17,19). The lowest BCUT2D eigenvalue weighted by Gasteiger charge is -2.24. The molecule has 2 rings (SSSR count). The van der Waals surface area contributed by atoms with Crippen molar-refractivity contribution in [3.8, 4) is 5.75 Å². The first-order valence-electron chi connectivity index (χ1n) is 6.68. The van der Waals surface area contributed by atoms with Crippen LogP contribution in [0.4, 0.5) is 0 Å². The first-order chi connectivity index (χ1) is 9.66. The Kier molecular flexibility index (Phi) is 4.95. The Morgan fingerprint density at radius 2 is 2.20 bits per heavy atom. The molecule has 1 saturated heterocycles. The number of primary amides is 1. The molecule has 1 heterocycles. The number of nitrogens with one attached hydrogen (secondary N) is 2. The Labute approximate surface area is 117 Å². The molecule has 1 atom stereocenters. The van der Waals surface area contributed by atoms with Gasteiger partial charge in [-0.05, 0) is 31.5 Å². The number of rotatable bonds is 5. The molecule has 1 aromatic carbocycles. The number of ether oxygens (including phenoxy) is 1. The van der Waals surface area contributed by atoms with Crippen LogP contribution in [0.5, 0.6) is 5.75 Å². The van der Waals surface area contributed by atoms with E-state index in [1.165, 1.54) is 0 Å². The van der Waals surface area contributed by atoms with Crippen LogP contribution >= 0.6 is 0 Å². The minimum atomic E-state index is -0.573. The molecule has 1 fully saturated rings. The van der Waals surface area contributed by atoms with E-state index in [1.807, 2.05) is 0 Å². The molecule has 0 aliphatic carbocycles. The molecule has 0 spiro atoms. The van der Waals surface area contributed by atoms with Gasteiger partial charge >= 0.3 is 0 Å². The van der Waals surface area contributed by atoms with Crippen molar-refractivity contribution in [3.05, 3.63) is 29.8 Å². The summed E-state index contributed by atoms with van der Waals surface area (Å²) in [5, 5.41) is 6.20. The highest BCUT2D eigenvalue weighted by molar-refractivity contribution is 5.97. The van der Waals surface area contributed by atoms with E-state index in [0.717, 1.165) is 25.9 Å². The van der Waals surface area contributed by atoms with E-state index >= 15 is 0 Å². The predicted molar refractivity (Wildman–Crippen MR) is 74.5 cm³/mol. The van der Waals surface area contributed by atoms with Crippen molar-refractivity contribution < 1.29 is 14.3 Å². The average Bonchev–Trinajstić information content (AvgIpc) is 2.46. The second-order valence-corrected chi connectivity index (χ2v) is 4.77. The number of piperidine rings is 1. The van der Waals surface area contributed by atoms with Gasteiger partial charge in [-0.15, -0.1) is 0 Å². The fraction of sp³-hybridized carbons (Fsp3) is 0.429. The molecule has 1 aliphatic rings. The van der Waals surface area contributed by atoms with Gasteiger partial charge in [0.15, 0.2) is 6.61 Å². The van der Waals surface area contributed by atoms with Crippen LogP contribution in [0.25, 0.3) is 0 Å². The van der Waals surface area contributed by atoms with Gasteiger partial charge in [0.1, 0.15) is 5.75 Å². The number of nitrogens with two attached hydrogens (primary N) is 1. The van der Waals surface area contributed by atoms with Crippen molar-refractivity contribution in [3.63, 3.8) is 0 Å². The third-order valence-electron chi connectivity index (χ3n) is 3.13. The van der Waals surface area contributed by atoms with Crippen molar-refractivity contribution in [2.75, 3.05) is 19.7 Å². The molecule has 0 radical (unpaired) electrons. The summed E-state index contributed by atoms with van der Waals surface area (Å²) in [4.78, 5) is 23.0. The van der Waals surface area contributed by atoms with Gasteiger partial charge in [0.05, 0.1) is 5.56 Å². The van der Waals surface area contributed by atoms with Gasteiger partial charge in [-0.3, -0.25) is 9.59 Å². The summed E-state index contributed by atoms with van der Waals surface area (Å²) in [5.74, 6) is -0.400. The molecule has 1 aliphatic heterocycles. The number of hydrogen-bond donors (Lipinski definition) is 3. The molecule has 1 aromatic rings. The zero-order chi connectivity index (χ0) is 14.4. The van der Waals surface area contributed by atoms with Crippen LogP contribution in [0.1, 0.15) is 23.2 Å². The van der Waals surface area contributed by atoms with Crippen molar-refractivity contribution in [2.24, 2.45) is 5.73 Å². The van der Waals surface area contributed by atoms with Gasteiger partial charge in [-0.2, -0.15) is 0 Å². The van der Waals surface area contributed by atoms with Crippen LogP contribution in [0.2, 0.25) is 0 Å². The van der Waals surface area contributed by atoms with Crippen LogP contribution in [-0.2, 0) is 4.79 Å². The van der Waals surface area contributed by atoms with E-state index in [9.17, 15) is 9.59 Å². The topological polar surface area (TPSA) is 93.5 Å². The van der Waals surface area contributed by atoms with Gasteiger partial charge in [0.25, 0.3) is 11.8 Å². The molecule has 1 unspecified atom stereocenters. The number of para-hydroxylation sites is 1.